The molecule has 17 heavy (non-hydrogen) atoms. The minimum atomic E-state index is -0.165. The van der Waals surface area contributed by atoms with Crippen molar-refractivity contribution in [1.29, 1.82) is 0 Å². The first-order valence-electron chi connectivity index (χ1n) is 5.66. The van der Waals surface area contributed by atoms with Gasteiger partial charge in [0.2, 0.25) is 0 Å². The summed E-state index contributed by atoms with van der Waals surface area (Å²) < 4.78 is 0. The van der Waals surface area contributed by atoms with Gasteiger partial charge in [0, 0.05) is 11.9 Å². The highest BCUT2D eigenvalue weighted by molar-refractivity contribution is 6.33. The van der Waals surface area contributed by atoms with Crippen LogP contribution >= 0.6 is 23.2 Å². The van der Waals surface area contributed by atoms with E-state index in [-0.39, 0.29) is 11.9 Å². The van der Waals surface area contributed by atoms with E-state index in [1.807, 2.05) is 0 Å². The predicted molar refractivity (Wildman–Crippen MR) is 72.9 cm³/mol. The van der Waals surface area contributed by atoms with Gasteiger partial charge in [0.05, 0.1) is 10.6 Å². The lowest BCUT2D eigenvalue weighted by atomic mass is 10.0. The highest BCUT2D eigenvalue weighted by atomic mass is 35.5. The van der Waals surface area contributed by atoms with Crippen molar-refractivity contribution in [3.63, 3.8) is 0 Å². The summed E-state index contributed by atoms with van der Waals surface area (Å²) in [6, 6.07) is 6.98. The number of amides is 1. The van der Waals surface area contributed by atoms with Crippen LogP contribution in [0.15, 0.2) is 24.3 Å². The van der Waals surface area contributed by atoms with E-state index in [9.17, 15) is 4.79 Å². The van der Waals surface area contributed by atoms with Gasteiger partial charge >= 0.3 is 0 Å². The van der Waals surface area contributed by atoms with Crippen molar-refractivity contribution in [2.24, 2.45) is 5.92 Å². The second kappa shape index (κ2) is 6.87. The van der Waals surface area contributed by atoms with Crippen molar-refractivity contribution in [2.45, 2.75) is 26.3 Å². The lowest BCUT2D eigenvalue weighted by molar-refractivity contribution is 0.0937. The summed E-state index contributed by atoms with van der Waals surface area (Å²) in [5.41, 5.74) is 0.494. The second-order valence-electron chi connectivity index (χ2n) is 4.43. The highest BCUT2D eigenvalue weighted by Crippen LogP contribution is 2.15. The van der Waals surface area contributed by atoms with Gasteiger partial charge in [-0.15, -0.1) is 11.6 Å². The normalized spacial score (nSPS) is 12.5. The Balaban J connectivity index is 2.68. The zero-order chi connectivity index (χ0) is 12.8. The van der Waals surface area contributed by atoms with Gasteiger partial charge in [-0.3, -0.25) is 4.79 Å². The van der Waals surface area contributed by atoms with E-state index in [0.29, 0.717) is 22.4 Å². The Bertz CT molecular complexity index is 379. The van der Waals surface area contributed by atoms with Crippen LogP contribution in [-0.4, -0.2) is 17.8 Å². The van der Waals surface area contributed by atoms with Crippen LogP contribution in [0.1, 0.15) is 30.6 Å². The lowest BCUT2D eigenvalue weighted by Gasteiger charge is -2.18. The van der Waals surface area contributed by atoms with Gasteiger partial charge in [0.15, 0.2) is 0 Å². The van der Waals surface area contributed by atoms with E-state index in [4.69, 9.17) is 23.2 Å². The van der Waals surface area contributed by atoms with Crippen LogP contribution in [0, 0.1) is 5.92 Å². The number of benzene rings is 1. The zero-order valence-corrected chi connectivity index (χ0v) is 11.6. The number of carbonyl (C=O) groups is 1. The SMILES string of the molecule is CC(C)CC(CCl)NC(=O)c1ccccc1Cl. The molecule has 1 aromatic carbocycles. The molecule has 1 amide bonds. The minimum absolute atomic E-state index is 0.0135. The quantitative estimate of drug-likeness (QED) is 0.814. The molecule has 0 spiro atoms. The maximum Gasteiger partial charge on any atom is 0.253 e. The first kappa shape index (κ1) is 14.3. The topological polar surface area (TPSA) is 29.1 Å². The molecular weight excluding hydrogens is 257 g/mol. The number of alkyl halides is 1. The van der Waals surface area contributed by atoms with Gasteiger partial charge in [-0.1, -0.05) is 37.6 Å². The molecule has 1 atom stereocenters. The smallest absolute Gasteiger partial charge is 0.253 e. The Morgan fingerprint density at radius 1 is 1.35 bits per heavy atom. The van der Waals surface area contributed by atoms with E-state index in [2.05, 4.69) is 19.2 Å². The van der Waals surface area contributed by atoms with Gasteiger partial charge < -0.3 is 5.32 Å². The Morgan fingerprint density at radius 2 is 2.00 bits per heavy atom. The fourth-order valence-corrected chi connectivity index (χ4v) is 2.06. The number of carbonyl (C=O) groups excluding carboxylic acids is 1. The third-order valence-electron chi connectivity index (χ3n) is 2.40. The van der Waals surface area contributed by atoms with Gasteiger partial charge in [0.1, 0.15) is 0 Å². The van der Waals surface area contributed by atoms with Gasteiger partial charge in [-0.25, -0.2) is 0 Å². The molecule has 0 saturated carbocycles. The molecule has 0 saturated heterocycles. The number of halogens is 2. The largest absolute Gasteiger partial charge is 0.348 e. The highest BCUT2D eigenvalue weighted by Gasteiger charge is 2.15. The fraction of sp³-hybridized carbons (Fsp3) is 0.462. The van der Waals surface area contributed by atoms with Crippen molar-refractivity contribution in [3.8, 4) is 0 Å². The molecule has 0 radical (unpaired) electrons. The molecule has 0 aliphatic carbocycles. The van der Waals surface area contributed by atoms with Gasteiger partial charge in [-0.05, 0) is 24.5 Å². The summed E-state index contributed by atoms with van der Waals surface area (Å²) in [7, 11) is 0. The second-order valence-corrected chi connectivity index (χ2v) is 5.15. The standard InChI is InChI=1S/C13H17Cl2NO/c1-9(2)7-10(8-14)16-13(17)11-5-3-4-6-12(11)15/h3-6,9-10H,7-8H2,1-2H3,(H,16,17). The Hall–Kier alpha value is -0.730. The number of rotatable bonds is 5. The van der Waals surface area contributed by atoms with E-state index in [0.717, 1.165) is 6.42 Å². The molecular formula is C13H17Cl2NO. The minimum Gasteiger partial charge on any atom is -0.348 e. The molecule has 0 fully saturated rings. The summed E-state index contributed by atoms with van der Waals surface area (Å²) >= 11 is 11.8. The monoisotopic (exact) mass is 273 g/mol. The third-order valence-corrected chi connectivity index (χ3v) is 3.10. The maximum absolute atomic E-state index is 12.0. The first-order chi connectivity index (χ1) is 8.04. The maximum atomic E-state index is 12.0. The summed E-state index contributed by atoms with van der Waals surface area (Å²) in [5.74, 6) is 0.737. The third kappa shape index (κ3) is 4.57. The van der Waals surface area contributed by atoms with E-state index in [1.54, 1.807) is 24.3 Å². The molecule has 1 N–H and O–H groups in total. The van der Waals surface area contributed by atoms with Crippen LogP contribution in [-0.2, 0) is 0 Å². The average Bonchev–Trinajstić information content (AvgIpc) is 2.27. The van der Waals surface area contributed by atoms with E-state index in [1.165, 1.54) is 0 Å². The van der Waals surface area contributed by atoms with Crippen LogP contribution in [0.3, 0.4) is 0 Å². The Kier molecular flexibility index (Phi) is 5.79. The van der Waals surface area contributed by atoms with Crippen molar-refractivity contribution in [2.75, 3.05) is 5.88 Å². The molecule has 1 aromatic rings. The van der Waals surface area contributed by atoms with Gasteiger partial charge in [-0.2, -0.15) is 0 Å². The molecule has 0 heterocycles. The molecule has 0 bridgehead atoms. The van der Waals surface area contributed by atoms with E-state index >= 15 is 0 Å². The number of hydrogen-bond acceptors (Lipinski definition) is 1. The van der Waals surface area contributed by atoms with Crippen LogP contribution in [0.5, 0.6) is 0 Å². The molecule has 0 aliphatic rings. The molecule has 2 nitrogen and oxygen atoms in total. The molecule has 94 valence electrons. The number of hydrogen-bond donors (Lipinski definition) is 1. The van der Waals surface area contributed by atoms with Crippen molar-refractivity contribution >= 4 is 29.1 Å². The first-order valence-corrected chi connectivity index (χ1v) is 6.57. The molecule has 1 unspecified atom stereocenters. The summed E-state index contributed by atoms with van der Waals surface area (Å²) in [4.78, 5) is 12.0. The van der Waals surface area contributed by atoms with Crippen LogP contribution in [0.25, 0.3) is 0 Å². The average molecular weight is 274 g/mol. The van der Waals surface area contributed by atoms with Crippen LogP contribution in [0.2, 0.25) is 5.02 Å². The fourth-order valence-electron chi connectivity index (χ4n) is 1.64. The molecule has 0 aromatic heterocycles. The zero-order valence-electron chi connectivity index (χ0n) is 10.0. The van der Waals surface area contributed by atoms with Crippen LogP contribution < -0.4 is 5.32 Å². The van der Waals surface area contributed by atoms with Crippen molar-refractivity contribution in [1.82, 2.24) is 5.32 Å². The Morgan fingerprint density at radius 3 is 2.53 bits per heavy atom. The summed E-state index contributed by atoms with van der Waals surface area (Å²) in [6.45, 7) is 4.20. The molecule has 1 rings (SSSR count). The molecule has 4 heteroatoms. The Labute approximate surface area is 112 Å². The van der Waals surface area contributed by atoms with Crippen molar-refractivity contribution in [3.05, 3.63) is 34.9 Å². The summed E-state index contributed by atoms with van der Waals surface area (Å²) in [6.07, 6.45) is 0.861. The number of nitrogens with one attached hydrogen (secondary N) is 1. The summed E-state index contributed by atoms with van der Waals surface area (Å²) in [5, 5.41) is 3.36. The lowest BCUT2D eigenvalue weighted by Crippen LogP contribution is -2.37. The predicted octanol–water partition coefficient (Wildman–Crippen LogP) is 3.72. The molecule has 0 aliphatic heterocycles. The van der Waals surface area contributed by atoms with E-state index < -0.39 is 0 Å². The van der Waals surface area contributed by atoms with Crippen molar-refractivity contribution < 1.29 is 4.79 Å². The van der Waals surface area contributed by atoms with Gasteiger partial charge in [0.25, 0.3) is 5.91 Å². The van der Waals surface area contributed by atoms with Crippen LogP contribution in [0.4, 0.5) is 0 Å².